The van der Waals surface area contributed by atoms with Crippen LogP contribution in [0, 0.1) is 26.7 Å². The van der Waals surface area contributed by atoms with E-state index in [9.17, 15) is 0 Å². The lowest BCUT2D eigenvalue weighted by molar-refractivity contribution is -0.564. The summed E-state index contributed by atoms with van der Waals surface area (Å²) in [4.78, 5) is 9.99. The number of benzene rings is 5. The Morgan fingerprint density at radius 2 is 1.28 bits per heavy atom. The van der Waals surface area contributed by atoms with Crippen molar-refractivity contribution in [1.82, 2.24) is 14.9 Å². The second kappa shape index (κ2) is 14.8. The second-order valence-corrected chi connectivity index (χ2v) is 16.3. The van der Waals surface area contributed by atoms with Crippen molar-refractivity contribution in [2.24, 2.45) is 5.92 Å². The predicted octanol–water partition coefficient (Wildman–Crippen LogP) is 12.9. The summed E-state index contributed by atoms with van der Waals surface area (Å²) in [5.41, 5.74) is 19.8. The minimum atomic E-state index is 0.147. The van der Waals surface area contributed by atoms with Crippen LogP contribution in [0.1, 0.15) is 69.9 Å². The number of aromatic nitrogens is 2. The lowest BCUT2D eigenvalue weighted by atomic mass is 9.77. The van der Waals surface area contributed by atoms with Crippen LogP contribution in [0.25, 0.3) is 56.5 Å². The van der Waals surface area contributed by atoms with Gasteiger partial charge >= 0.3 is 0 Å². The van der Waals surface area contributed by atoms with Crippen LogP contribution in [-0.4, -0.2) is 38.7 Å². The van der Waals surface area contributed by atoms with Crippen molar-refractivity contribution in [3.63, 3.8) is 0 Å². The maximum Gasteiger partial charge on any atom is 0.179 e. The molecule has 286 valence electrons. The molecule has 0 saturated carbocycles. The summed E-state index contributed by atoms with van der Waals surface area (Å²) in [5, 5.41) is 2.51. The SMILES string of the molecule is CCN1C=CC(/C=C/c2c(-c3ccccc3)[nH]c3ccccc23)=CC1c1c(C)c(C)c(C)c2c1C1CC(/C=C/c3c(-c4ccccc4)[nH]c4ccccc34)C=[N+]1CC2. The summed E-state index contributed by atoms with van der Waals surface area (Å²) in [6.07, 6.45) is 21.3. The van der Waals surface area contributed by atoms with Crippen molar-refractivity contribution in [2.45, 2.75) is 52.6 Å². The second-order valence-electron chi connectivity index (χ2n) is 16.3. The molecule has 0 aliphatic carbocycles. The normalized spacial score (nSPS) is 19.0. The number of fused-ring (bicyclic) bond motifs is 5. The van der Waals surface area contributed by atoms with E-state index in [1.807, 2.05) is 0 Å². The Balaban J connectivity index is 1.02. The van der Waals surface area contributed by atoms with Crippen LogP contribution in [-0.2, 0) is 6.42 Å². The molecule has 0 saturated heterocycles. The first kappa shape index (κ1) is 36.0. The van der Waals surface area contributed by atoms with E-state index in [1.54, 1.807) is 11.1 Å². The Bertz CT molecular complexity index is 2840. The molecular formula is C54H51N4+. The van der Waals surface area contributed by atoms with Gasteiger partial charge in [0, 0.05) is 64.1 Å². The molecule has 2 N–H and O–H groups in total. The molecule has 10 rings (SSSR count). The lowest BCUT2D eigenvalue weighted by Gasteiger charge is -2.37. The predicted molar refractivity (Wildman–Crippen MR) is 244 cm³/mol. The van der Waals surface area contributed by atoms with Gasteiger partial charge in [-0.15, -0.1) is 0 Å². The van der Waals surface area contributed by atoms with Crippen molar-refractivity contribution in [2.75, 3.05) is 13.1 Å². The van der Waals surface area contributed by atoms with Crippen molar-refractivity contribution in [3.05, 3.63) is 190 Å². The molecule has 5 heterocycles. The van der Waals surface area contributed by atoms with Crippen molar-refractivity contribution in [3.8, 4) is 22.5 Å². The maximum atomic E-state index is 3.73. The third-order valence-electron chi connectivity index (χ3n) is 13.2. The summed E-state index contributed by atoms with van der Waals surface area (Å²) in [6, 6.07) is 39.3. The lowest BCUT2D eigenvalue weighted by Crippen LogP contribution is -2.32. The number of para-hydroxylation sites is 2. The van der Waals surface area contributed by atoms with Gasteiger partial charge in [0.15, 0.2) is 6.04 Å². The molecule has 4 heteroatoms. The number of rotatable bonds is 8. The molecule has 3 atom stereocenters. The fraction of sp³-hybridized carbons (Fsp3) is 0.204. The monoisotopic (exact) mass is 755 g/mol. The standard InChI is InChI=1S/C54H51N4/c1-5-57-30-28-38(24-26-45-43-20-12-14-22-47(43)55-53(45)40-16-8-6-9-17-40)32-49(57)51-37(4)35(2)36(3)42-29-31-58-34-39(33-50(58)52(42)51)25-27-46-44-21-13-15-23-48(44)56-54(46)41-18-10-7-11-19-41/h6-28,30,32,34,39,49-50,55-56H,5,29,31,33H2,1-4H3/q+1/b26-24+,27-25+. The van der Waals surface area contributed by atoms with Gasteiger partial charge in [0.25, 0.3) is 0 Å². The molecular weight excluding hydrogens is 705 g/mol. The van der Waals surface area contributed by atoms with Gasteiger partial charge in [-0.1, -0.05) is 127 Å². The summed E-state index contributed by atoms with van der Waals surface area (Å²) >= 11 is 0. The highest BCUT2D eigenvalue weighted by atomic mass is 15.1. The van der Waals surface area contributed by atoms with E-state index in [4.69, 9.17) is 0 Å². The van der Waals surface area contributed by atoms with Gasteiger partial charge in [0.05, 0.1) is 23.3 Å². The Morgan fingerprint density at radius 3 is 1.91 bits per heavy atom. The van der Waals surface area contributed by atoms with Gasteiger partial charge in [-0.25, -0.2) is 4.58 Å². The van der Waals surface area contributed by atoms with E-state index in [0.717, 1.165) is 37.1 Å². The first-order valence-corrected chi connectivity index (χ1v) is 21.0. The van der Waals surface area contributed by atoms with Crippen LogP contribution in [0.5, 0.6) is 0 Å². The van der Waals surface area contributed by atoms with E-state index >= 15 is 0 Å². The van der Waals surface area contributed by atoms with E-state index in [1.165, 1.54) is 72.1 Å². The largest absolute Gasteiger partial charge is 0.367 e. The highest BCUT2D eigenvalue weighted by Crippen LogP contribution is 2.46. The van der Waals surface area contributed by atoms with E-state index in [-0.39, 0.29) is 6.04 Å². The Labute approximate surface area is 342 Å². The summed E-state index contributed by atoms with van der Waals surface area (Å²) < 4.78 is 2.67. The molecule has 3 aliphatic rings. The molecule has 4 nitrogen and oxygen atoms in total. The fourth-order valence-electron chi connectivity index (χ4n) is 10.1. The zero-order valence-corrected chi connectivity index (χ0v) is 34.0. The first-order valence-electron chi connectivity index (χ1n) is 21.0. The smallest absolute Gasteiger partial charge is 0.179 e. The average Bonchev–Trinajstić information content (AvgIpc) is 3.98. The molecule has 5 aromatic carbocycles. The molecule has 0 fully saturated rings. The van der Waals surface area contributed by atoms with Gasteiger partial charge in [-0.3, -0.25) is 0 Å². The highest BCUT2D eigenvalue weighted by molar-refractivity contribution is 5.98. The van der Waals surface area contributed by atoms with E-state index < -0.39 is 0 Å². The van der Waals surface area contributed by atoms with Crippen LogP contribution in [0.15, 0.2) is 145 Å². The van der Waals surface area contributed by atoms with E-state index in [0.29, 0.717) is 12.0 Å². The first-order chi connectivity index (χ1) is 28.5. The summed E-state index contributed by atoms with van der Waals surface area (Å²) in [5.74, 6) is 0.348. The van der Waals surface area contributed by atoms with Gasteiger partial charge in [0.1, 0.15) is 12.8 Å². The number of hydrogen-bond acceptors (Lipinski definition) is 1. The molecule has 0 radical (unpaired) electrons. The number of H-pyrrole nitrogens is 2. The number of likely N-dealkylation sites (N-methyl/N-ethyl adjacent to an activating group) is 1. The molecule has 0 bridgehead atoms. The number of aromatic amines is 2. The van der Waals surface area contributed by atoms with Gasteiger partial charge < -0.3 is 14.9 Å². The Hall–Kier alpha value is -6.39. The third-order valence-corrected chi connectivity index (χ3v) is 13.2. The Morgan fingerprint density at radius 1 is 0.672 bits per heavy atom. The molecule has 7 aromatic rings. The number of nitrogens with zero attached hydrogens (tertiary/aromatic N) is 2. The topological polar surface area (TPSA) is 37.8 Å². The zero-order chi connectivity index (χ0) is 39.3. The third kappa shape index (κ3) is 6.19. The van der Waals surface area contributed by atoms with Crippen molar-refractivity contribution in [1.29, 1.82) is 0 Å². The van der Waals surface area contributed by atoms with Crippen LogP contribution < -0.4 is 0 Å². The van der Waals surface area contributed by atoms with Crippen LogP contribution in [0.4, 0.5) is 0 Å². The zero-order valence-electron chi connectivity index (χ0n) is 34.0. The molecule has 3 aliphatic heterocycles. The van der Waals surface area contributed by atoms with Crippen molar-refractivity contribution >= 4 is 40.2 Å². The molecule has 3 unspecified atom stereocenters. The average molecular weight is 756 g/mol. The highest BCUT2D eigenvalue weighted by Gasteiger charge is 2.42. The minimum Gasteiger partial charge on any atom is -0.367 e. The van der Waals surface area contributed by atoms with E-state index in [2.05, 4.69) is 205 Å². The van der Waals surface area contributed by atoms with Gasteiger partial charge in [-0.05, 0) is 90.4 Å². The molecule has 0 amide bonds. The maximum absolute atomic E-state index is 3.73. The summed E-state index contributed by atoms with van der Waals surface area (Å²) in [7, 11) is 0. The van der Waals surface area contributed by atoms with Crippen LogP contribution >= 0.6 is 0 Å². The number of allylic oxidation sites excluding steroid dienone is 4. The Kier molecular flexibility index (Phi) is 9.21. The minimum absolute atomic E-state index is 0.147. The van der Waals surface area contributed by atoms with Crippen LogP contribution in [0.3, 0.4) is 0 Å². The quantitative estimate of drug-likeness (QED) is 0.149. The van der Waals surface area contributed by atoms with Gasteiger partial charge in [0.2, 0.25) is 0 Å². The molecule has 2 aromatic heterocycles. The van der Waals surface area contributed by atoms with Crippen LogP contribution in [0.2, 0.25) is 0 Å². The number of hydrogen-bond donors (Lipinski definition) is 2. The molecule has 58 heavy (non-hydrogen) atoms. The number of nitrogens with one attached hydrogen (secondary N) is 2. The molecule has 0 spiro atoms. The van der Waals surface area contributed by atoms with Gasteiger partial charge in [-0.2, -0.15) is 0 Å². The fourth-order valence-corrected chi connectivity index (χ4v) is 10.1. The van der Waals surface area contributed by atoms with Crippen molar-refractivity contribution < 1.29 is 4.58 Å². The summed E-state index contributed by atoms with van der Waals surface area (Å²) in [6.45, 7) is 11.4.